The summed E-state index contributed by atoms with van der Waals surface area (Å²) in [6.45, 7) is 0. The van der Waals surface area contributed by atoms with Crippen LogP contribution in [0.25, 0.3) is 0 Å². The van der Waals surface area contributed by atoms with E-state index < -0.39 is 0 Å². The number of benzene rings is 3. The van der Waals surface area contributed by atoms with Crippen molar-refractivity contribution in [3.63, 3.8) is 0 Å². The number of methoxy groups -OCH3 is 1. The van der Waals surface area contributed by atoms with E-state index in [2.05, 4.69) is 0 Å². The summed E-state index contributed by atoms with van der Waals surface area (Å²) in [5.74, 6) is 0.923. The number of phenols is 1. The molecule has 3 aromatic rings. The highest BCUT2D eigenvalue weighted by Crippen LogP contribution is 2.29. The van der Waals surface area contributed by atoms with Crippen molar-refractivity contribution in [3.05, 3.63) is 88.9 Å². The van der Waals surface area contributed by atoms with Crippen molar-refractivity contribution >= 4 is 23.0 Å². The van der Waals surface area contributed by atoms with E-state index >= 15 is 0 Å². The zero-order valence-corrected chi connectivity index (χ0v) is 13.9. The van der Waals surface area contributed by atoms with Crippen LogP contribution in [0.2, 0.25) is 5.02 Å². The maximum Gasteiger partial charge on any atom is 0.124 e. The van der Waals surface area contributed by atoms with Gasteiger partial charge in [-0.3, -0.25) is 0 Å². The van der Waals surface area contributed by atoms with Crippen LogP contribution in [0.3, 0.4) is 0 Å². The molecule has 3 aromatic carbocycles. The molecule has 0 aromatic heterocycles. The van der Waals surface area contributed by atoms with Crippen LogP contribution in [0, 0.1) is 0 Å². The molecule has 0 unspecified atom stereocenters. The van der Waals surface area contributed by atoms with Crippen molar-refractivity contribution in [2.24, 2.45) is 4.99 Å². The van der Waals surface area contributed by atoms with Crippen molar-refractivity contribution < 1.29 is 9.84 Å². The molecule has 24 heavy (non-hydrogen) atoms. The fraction of sp³-hybridized carbons (Fsp3) is 0.0500. The Morgan fingerprint density at radius 3 is 2.25 bits per heavy atom. The topological polar surface area (TPSA) is 41.8 Å². The van der Waals surface area contributed by atoms with Gasteiger partial charge in [-0.2, -0.15) is 0 Å². The Bertz CT molecular complexity index is 873. The molecule has 1 N–H and O–H groups in total. The van der Waals surface area contributed by atoms with E-state index in [4.69, 9.17) is 21.3 Å². The van der Waals surface area contributed by atoms with Crippen molar-refractivity contribution in [1.29, 1.82) is 0 Å². The summed E-state index contributed by atoms with van der Waals surface area (Å²) >= 11 is 6.24. The number of hydrogen-bond donors (Lipinski definition) is 1. The van der Waals surface area contributed by atoms with Gasteiger partial charge in [0, 0.05) is 11.1 Å². The smallest absolute Gasteiger partial charge is 0.124 e. The molecular formula is C20H16ClNO2. The highest BCUT2D eigenvalue weighted by Gasteiger charge is 2.12. The molecule has 0 radical (unpaired) electrons. The fourth-order valence-corrected chi connectivity index (χ4v) is 2.54. The molecule has 0 aliphatic carbocycles. The summed E-state index contributed by atoms with van der Waals surface area (Å²) in [6.07, 6.45) is 0. The predicted octanol–water partition coefficient (Wildman–Crippen LogP) is 5.22. The molecule has 4 heteroatoms. The third-order valence-electron chi connectivity index (χ3n) is 3.61. The summed E-state index contributed by atoms with van der Waals surface area (Å²) in [5.41, 5.74) is 2.79. The highest BCUT2D eigenvalue weighted by molar-refractivity contribution is 6.33. The van der Waals surface area contributed by atoms with Crippen molar-refractivity contribution in [2.75, 3.05) is 7.11 Å². The molecule has 0 aliphatic heterocycles. The molecule has 0 saturated heterocycles. The zero-order valence-electron chi connectivity index (χ0n) is 13.1. The van der Waals surface area contributed by atoms with Crippen LogP contribution in [0.4, 0.5) is 5.69 Å². The summed E-state index contributed by atoms with van der Waals surface area (Å²) in [6, 6.07) is 22.0. The number of halogens is 1. The standard InChI is InChI=1S/C20H16ClNO2/c1-24-15-12-10-14(11-13-15)20(16-6-2-5-9-19(16)23)22-18-8-4-3-7-17(18)21/h2-13,23H,1H3. The van der Waals surface area contributed by atoms with Gasteiger partial charge in [0.2, 0.25) is 0 Å². The van der Waals surface area contributed by atoms with Gasteiger partial charge in [-0.15, -0.1) is 0 Å². The fourth-order valence-electron chi connectivity index (χ4n) is 2.37. The molecule has 0 fully saturated rings. The molecule has 0 aliphatic rings. The van der Waals surface area contributed by atoms with E-state index in [-0.39, 0.29) is 5.75 Å². The first-order valence-corrected chi connectivity index (χ1v) is 7.83. The SMILES string of the molecule is COc1ccc(C(=Nc2ccccc2Cl)c2ccccc2O)cc1. The summed E-state index contributed by atoms with van der Waals surface area (Å²) < 4.78 is 5.21. The van der Waals surface area contributed by atoms with E-state index in [1.165, 1.54) is 0 Å². The Hall–Kier alpha value is -2.78. The van der Waals surface area contributed by atoms with Gasteiger partial charge in [0.15, 0.2) is 0 Å². The summed E-state index contributed by atoms with van der Waals surface area (Å²) in [4.78, 5) is 4.70. The molecule has 0 spiro atoms. The van der Waals surface area contributed by atoms with Gasteiger partial charge in [-0.1, -0.05) is 35.9 Å². The van der Waals surface area contributed by atoms with E-state index in [0.717, 1.165) is 11.3 Å². The van der Waals surface area contributed by atoms with Crippen molar-refractivity contribution in [3.8, 4) is 11.5 Å². The van der Waals surface area contributed by atoms with Gasteiger partial charge in [0.1, 0.15) is 11.5 Å². The van der Waals surface area contributed by atoms with Gasteiger partial charge in [-0.05, 0) is 48.5 Å². The molecule has 120 valence electrons. The number of para-hydroxylation sites is 2. The molecular weight excluding hydrogens is 322 g/mol. The van der Waals surface area contributed by atoms with Crippen LogP contribution in [0.5, 0.6) is 11.5 Å². The Morgan fingerprint density at radius 1 is 0.917 bits per heavy atom. The third kappa shape index (κ3) is 3.42. The van der Waals surface area contributed by atoms with E-state index in [0.29, 0.717) is 22.0 Å². The van der Waals surface area contributed by atoms with Crippen molar-refractivity contribution in [2.45, 2.75) is 0 Å². The van der Waals surface area contributed by atoms with Gasteiger partial charge in [0.05, 0.1) is 23.5 Å². The van der Waals surface area contributed by atoms with E-state index in [1.54, 1.807) is 25.3 Å². The first-order valence-electron chi connectivity index (χ1n) is 7.45. The molecule has 0 atom stereocenters. The zero-order chi connectivity index (χ0) is 16.9. The number of aliphatic imine (C=N–C) groups is 1. The number of phenolic OH excluding ortho intramolecular Hbond substituents is 1. The molecule has 3 nitrogen and oxygen atoms in total. The number of nitrogens with zero attached hydrogens (tertiary/aromatic N) is 1. The Balaban J connectivity index is 2.17. The molecule has 3 rings (SSSR count). The number of rotatable bonds is 4. The normalized spacial score (nSPS) is 11.3. The second kappa shape index (κ2) is 7.20. The van der Waals surface area contributed by atoms with Crippen LogP contribution in [-0.2, 0) is 0 Å². The summed E-state index contributed by atoms with van der Waals surface area (Å²) in [7, 11) is 1.62. The molecule has 0 bridgehead atoms. The van der Waals surface area contributed by atoms with Crippen molar-refractivity contribution in [1.82, 2.24) is 0 Å². The molecule has 0 amide bonds. The van der Waals surface area contributed by atoms with E-state index in [9.17, 15) is 5.11 Å². The lowest BCUT2D eigenvalue weighted by Crippen LogP contribution is -2.03. The third-order valence-corrected chi connectivity index (χ3v) is 3.93. The Labute approximate surface area is 145 Å². The maximum absolute atomic E-state index is 10.3. The lowest BCUT2D eigenvalue weighted by Gasteiger charge is -2.11. The van der Waals surface area contributed by atoms with E-state index in [1.807, 2.05) is 54.6 Å². The predicted molar refractivity (Wildman–Crippen MR) is 97.9 cm³/mol. The molecule has 0 heterocycles. The average Bonchev–Trinajstić information content (AvgIpc) is 2.62. The van der Waals surface area contributed by atoms with Crippen LogP contribution in [-0.4, -0.2) is 17.9 Å². The minimum atomic E-state index is 0.166. The van der Waals surface area contributed by atoms with Crippen LogP contribution in [0.1, 0.15) is 11.1 Å². The minimum absolute atomic E-state index is 0.166. The Kier molecular flexibility index (Phi) is 4.82. The van der Waals surface area contributed by atoms with Gasteiger partial charge >= 0.3 is 0 Å². The lowest BCUT2D eigenvalue weighted by molar-refractivity contribution is 0.415. The lowest BCUT2D eigenvalue weighted by atomic mass is 10.0. The van der Waals surface area contributed by atoms with Crippen LogP contribution < -0.4 is 4.74 Å². The monoisotopic (exact) mass is 337 g/mol. The van der Waals surface area contributed by atoms with Crippen LogP contribution in [0.15, 0.2) is 77.8 Å². The molecule has 0 saturated carbocycles. The van der Waals surface area contributed by atoms with Crippen LogP contribution >= 0.6 is 11.6 Å². The van der Waals surface area contributed by atoms with Gasteiger partial charge in [0.25, 0.3) is 0 Å². The number of aromatic hydroxyl groups is 1. The number of hydrogen-bond acceptors (Lipinski definition) is 3. The van der Waals surface area contributed by atoms with Gasteiger partial charge < -0.3 is 9.84 Å². The minimum Gasteiger partial charge on any atom is -0.507 e. The first-order chi connectivity index (χ1) is 11.7. The van der Waals surface area contributed by atoms with Gasteiger partial charge in [-0.25, -0.2) is 4.99 Å². The second-order valence-electron chi connectivity index (χ2n) is 5.16. The maximum atomic E-state index is 10.3. The highest BCUT2D eigenvalue weighted by atomic mass is 35.5. The Morgan fingerprint density at radius 2 is 1.58 bits per heavy atom. The largest absolute Gasteiger partial charge is 0.507 e. The quantitative estimate of drug-likeness (QED) is 0.663. The summed E-state index contributed by atoms with van der Waals surface area (Å²) in [5, 5.41) is 10.8. The average molecular weight is 338 g/mol. The first kappa shape index (κ1) is 16.1. The second-order valence-corrected chi connectivity index (χ2v) is 5.56. The number of ether oxygens (including phenoxy) is 1.